The Morgan fingerprint density at radius 3 is 2.45 bits per heavy atom. The first-order valence-corrected chi connectivity index (χ1v) is 8.96. The maximum Gasteiger partial charge on any atom is 0.406 e. The molecule has 1 amide bonds. The van der Waals surface area contributed by atoms with Crippen LogP contribution in [0.4, 0.5) is 13.6 Å². The van der Waals surface area contributed by atoms with E-state index in [-0.39, 0.29) is 18.3 Å². The van der Waals surface area contributed by atoms with Gasteiger partial charge < -0.3 is 10.1 Å². The molecule has 6 heteroatoms. The third-order valence-electron chi connectivity index (χ3n) is 4.03. The molecule has 1 N–H and O–H groups in total. The zero-order valence-electron chi connectivity index (χ0n) is 14.1. The molecule has 1 unspecified atom stereocenters. The summed E-state index contributed by atoms with van der Waals surface area (Å²) in [6.07, 6.45) is 2.54. The number of ether oxygens (including phenoxy) is 1. The number of hydrogen-bond acceptors (Lipinski definition) is 3. The van der Waals surface area contributed by atoms with Gasteiger partial charge in [0.1, 0.15) is 0 Å². The molecule has 0 bridgehead atoms. The Bertz CT molecular complexity index is 349. The van der Waals surface area contributed by atoms with Crippen molar-refractivity contribution in [3.8, 4) is 0 Å². The van der Waals surface area contributed by atoms with Gasteiger partial charge in [-0.1, -0.05) is 20.8 Å². The number of alkyl carbamates (subject to hydrolysis) is 1. The van der Waals surface area contributed by atoms with E-state index in [9.17, 15) is 13.6 Å². The standard InChI is InChI=1S/C16H29F2NO2S/c1-15(2,3)13(6-5-11-21-14(20)19-4)22-12-7-9-16(17,18)10-8-12/h12-13H,5-11H2,1-4H3,(H,19,20). The van der Waals surface area contributed by atoms with E-state index in [4.69, 9.17) is 4.74 Å². The number of rotatable bonds is 6. The van der Waals surface area contributed by atoms with E-state index in [1.807, 2.05) is 11.8 Å². The Morgan fingerprint density at radius 2 is 1.95 bits per heavy atom. The highest BCUT2D eigenvalue weighted by atomic mass is 32.2. The summed E-state index contributed by atoms with van der Waals surface area (Å²) in [6.45, 7) is 6.95. The highest BCUT2D eigenvalue weighted by molar-refractivity contribution is 8.00. The van der Waals surface area contributed by atoms with Crippen LogP contribution in [0.15, 0.2) is 0 Å². The Labute approximate surface area is 136 Å². The van der Waals surface area contributed by atoms with Gasteiger partial charge in [-0.15, -0.1) is 0 Å². The molecule has 0 aromatic rings. The molecule has 0 radical (unpaired) electrons. The van der Waals surface area contributed by atoms with Crippen molar-refractivity contribution < 1.29 is 18.3 Å². The second-order valence-corrected chi connectivity index (χ2v) is 8.58. The summed E-state index contributed by atoms with van der Waals surface area (Å²) in [5.74, 6) is -2.46. The average molecular weight is 337 g/mol. The van der Waals surface area contributed by atoms with E-state index in [1.165, 1.54) is 7.05 Å². The van der Waals surface area contributed by atoms with E-state index >= 15 is 0 Å². The summed E-state index contributed by atoms with van der Waals surface area (Å²) in [7, 11) is 1.54. The monoisotopic (exact) mass is 337 g/mol. The smallest absolute Gasteiger partial charge is 0.406 e. The van der Waals surface area contributed by atoms with Crippen molar-refractivity contribution in [1.82, 2.24) is 5.32 Å². The summed E-state index contributed by atoms with van der Waals surface area (Å²) in [6, 6.07) is 0. The van der Waals surface area contributed by atoms with E-state index in [0.717, 1.165) is 12.8 Å². The molecular formula is C16H29F2NO2S. The van der Waals surface area contributed by atoms with Crippen LogP contribution >= 0.6 is 11.8 Å². The van der Waals surface area contributed by atoms with Crippen LogP contribution < -0.4 is 5.32 Å². The van der Waals surface area contributed by atoms with Crippen molar-refractivity contribution in [3.63, 3.8) is 0 Å². The molecule has 1 aliphatic carbocycles. The van der Waals surface area contributed by atoms with Crippen LogP contribution in [0.3, 0.4) is 0 Å². The number of thioether (sulfide) groups is 1. The molecule has 0 aromatic heterocycles. The number of hydrogen-bond donors (Lipinski definition) is 1. The first-order chi connectivity index (χ1) is 10.1. The summed E-state index contributed by atoms with van der Waals surface area (Å²) < 4.78 is 31.5. The molecule has 1 fully saturated rings. The lowest BCUT2D eigenvalue weighted by Crippen LogP contribution is -2.31. The van der Waals surface area contributed by atoms with Gasteiger partial charge in [0, 0.05) is 30.4 Å². The van der Waals surface area contributed by atoms with Crippen molar-refractivity contribution in [2.75, 3.05) is 13.7 Å². The molecular weight excluding hydrogens is 308 g/mol. The van der Waals surface area contributed by atoms with Gasteiger partial charge in [-0.2, -0.15) is 11.8 Å². The summed E-state index contributed by atoms with van der Waals surface area (Å²) in [5.41, 5.74) is 0.109. The molecule has 130 valence electrons. The van der Waals surface area contributed by atoms with Crippen LogP contribution in [0.1, 0.15) is 59.3 Å². The predicted octanol–water partition coefficient (Wildman–Crippen LogP) is 4.85. The molecule has 0 saturated heterocycles. The lowest BCUT2D eigenvalue weighted by Gasteiger charge is -2.36. The first-order valence-electron chi connectivity index (χ1n) is 8.02. The van der Waals surface area contributed by atoms with Gasteiger partial charge >= 0.3 is 6.09 Å². The molecule has 1 atom stereocenters. The largest absolute Gasteiger partial charge is 0.450 e. The van der Waals surface area contributed by atoms with E-state index in [2.05, 4.69) is 26.1 Å². The van der Waals surface area contributed by atoms with Crippen molar-refractivity contribution in [1.29, 1.82) is 0 Å². The highest BCUT2D eigenvalue weighted by Gasteiger charge is 2.37. The van der Waals surface area contributed by atoms with Crippen LogP contribution in [0.5, 0.6) is 0 Å². The summed E-state index contributed by atoms with van der Waals surface area (Å²) in [5, 5.41) is 3.13. The normalized spacial score (nSPS) is 20.5. The molecule has 3 nitrogen and oxygen atoms in total. The Hall–Kier alpha value is -0.520. The Morgan fingerprint density at radius 1 is 1.36 bits per heavy atom. The molecule has 1 rings (SSSR count). The van der Waals surface area contributed by atoms with E-state index in [0.29, 0.717) is 29.9 Å². The first kappa shape index (κ1) is 19.5. The fourth-order valence-corrected chi connectivity index (χ4v) is 4.28. The third kappa shape index (κ3) is 7.16. The van der Waals surface area contributed by atoms with Gasteiger partial charge in [-0.25, -0.2) is 13.6 Å². The maximum atomic E-state index is 13.2. The summed E-state index contributed by atoms with van der Waals surface area (Å²) >= 11 is 1.85. The summed E-state index contributed by atoms with van der Waals surface area (Å²) in [4.78, 5) is 11.0. The number of carbonyl (C=O) groups excluding carboxylic acids is 1. The van der Waals surface area contributed by atoms with Gasteiger partial charge in [0.15, 0.2) is 0 Å². The van der Waals surface area contributed by atoms with Gasteiger partial charge in [-0.05, 0) is 31.1 Å². The molecule has 1 saturated carbocycles. The van der Waals surface area contributed by atoms with Gasteiger partial charge in [0.25, 0.3) is 0 Å². The maximum absolute atomic E-state index is 13.2. The second-order valence-electron chi connectivity index (χ2n) is 7.07. The quantitative estimate of drug-likeness (QED) is 0.704. The fourth-order valence-electron chi connectivity index (χ4n) is 2.59. The van der Waals surface area contributed by atoms with Crippen molar-refractivity contribution in [2.45, 2.75) is 75.7 Å². The van der Waals surface area contributed by atoms with E-state index in [1.54, 1.807) is 0 Å². The minimum Gasteiger partial charge on any atom is -0.450 e. The molecule has 0 spiro atoms. The molecule has 0 heterocycles. The van der Waals surface area contributed by atoms with Crippen molar-refractivity contribution in [2.24, 2.45) is 5.41 Å². The van der Waals surface area contributed by atoms with Gasteiger partial charge in [-0.3, -0.25) is 0 Å². The number of halogens is 2. The second kappa shape index (κ2) is 8.37. The SMILES string of the molecule is CNC(=O)OCCCC(SC1CCC(F)(F)CC1)C(C)(C)C. The lowest BCUT2D eigenvalue weighted by atomic mass is 9.89. The highest BCUT2D eigenvalue weighted by Crippen LogP contribution is 2.43. The van der Waals surface area contributed by atoms with Crippen molar-refractivity contribution in [3.05, 3.63) is 0 Å². The fraction of sp³-hybridized carbons (Fsp3) is 0.938. The van der Waals surface area contributed by atoms with E-state index < -0.39 is 12.0 Å². The molecule has 0 aliphatic heterocycles. The number of alkyl halides is 2. The lowest BCUT2D eigenvalue weighted by molar-refractivity contribution is -0.0324. The number of carbonyl (C=O) groups is 1. The molecule has 22 heavy (non-hydrogen) atoms. The minimum atomic E-state index is -2.46. The van der Waals surface area contributed by atoms with Crippen LogP contribution in [0.2, 0.25) is 0 Å². The predicted molar refractivity (Wildman–Crippen MR) is 87.7 cm³/mol. The van der Waals surface area contributed by atoms with Gasteiger partial charge in [0.2, 0.25) is 5.92 Å². The average Bonchev–Trinajstić information content (AvgIpc) is 2.42. The van der Waals surface area contributed by atoms with Crippen molar-refractivity contribution >= 4 is 17.9 Å². The van der Waals surface area contributed by atoms with Crippen LogP contribution in [0.25, 0.3) is 0 Å². The molecule has 1 aliphatic rings. The van der Waals surface area contributed by atoms with Crippen LogP contribution in [-0.4, -0.2) is 36.2 Å². The minimum absolute atomic E-state index is 0.0152. The van der Waals surface area contributed by atoms with Gasteiger partial charge in [0.05, 0.1) is 6.61 Å². The number of nitrogens with one attached hydrogen (secondary N) is 1. The van der Waals surface area contributed by atoms with Crippen LogP contribution in [-0.2, 0) is 4.74 Å². The zero-order chi connectivity index (χ0) is 16.8. The Kier molecular flexibility index (Phi) is 7.42. The third-order valence-corrected chi connectivity index (χ3v) is 6.16. The van der Waals surface area contributed by atoms with Crippen LogP contribution in [0, 0.1) is 5.41 Å². The number of amides is 1. The molecule has 0 aromatic carbocycles. The Balaban J connectivity index is 2.40. The topological polar surface area (TPSA) is 38.3 Å². The zero-order valence-corrected chi connectivity index (χ0v) is 14.9.